The summed E-state index contributed by atoms with van der Waals surface area (Å²) >= 11 is 8.40. The molecule has 1 heterocycles. The highest BCUT2D eigenvalue weighted by atomic mass is 79.9. The minimum Gasteiger partial charge on any atom is -0.389 e. The molecule has 21 heavy (non-hydrogen) atoms. The molecule has 2 aromatic carbocycles. The van der Waals surface area contributed by atoms with Gasteiger partial charge in [-0.25, -0.2) is 4.39 Å². The fourth-order valence-corrected chi connectivity index (χ4v) is 2.93. The van der Waals surface area contributed by atoms with Crippen LogP contribution in [0.2, 0.25) is 0 Å². The first kappa shape index (κ1) is 14.2. The highest BCUT2D eigenvalue weighted by Gasteiger charge is 2.07. The Morgan fingerprint density at radius 3 is 2.71 bits per heavy atom. The predicted octanol–water partition coefficient (Wildman–Crippen LogP) is 4.23. The van der Waals surface area contributed by atoms with E-state index in [1.807, 2.05) is 30.5 Å². The highest BCUT2D eigenvalue weighted by Crippen LogP contribution is 2.23. The molecule has 3 aromatic rings. The molecule has 3 rings (SSSR count). The molecule has 0 amide bonds. The molecular weight excluding hydrogens is 351 g/mol. The molecule has 0 fully saturated rings. The fraction of sp³-hybridized carbons (Fsp3) is 0.0625. The van der Waals surface area contributed by atoms with Crippen LogP contribution >= 0.6 is 28.1 Å². The van der Waals surface area contributed by atoms with E-state index in [1.165, 1.54) is 12.1 Å². The van der Waals surface area contributed by atoms with Crippen molar-refractivity contribution in [3.8, 4) is 0 Å². The maximum atomic E-state index is 13.1. The molecule has 0 radical (unpaired) electrons. The molecule has 2 nitrogen and oxygen atoms in total. The Labute approximate surface area is 135 Å². The number of rotatable bonds is 3. The molecule has 0 atom stereocenters. The summed E-state index contributed by atoms with van der Waals surface area (Å²) in [6.45, 7) is 0.663. The van der Waals surface area contributed by atoms with E-state index in [0.717, 1.165) is 26.5 Å². The van der Waals surface area contributed by atoms with Gasteiger partial charge in [0.15, 0.2) is 0 Å². The second kappa shape index (κ2) is 5.58. The van der Waals surface area contributed by atoms with Crippen molar-refractivity contribution in [3.05, 3.63) is 70.1 Å². The van der Waals surface area contributed by atoms with E-state index in [-0.39, 0.29) is 5.82 Å². The second-order valence-corrected chi connectivity index (χ2v) is 6.11. The zero-order chi connectivity index (χ0) is 15.0. The molecule has 0 aliphatic rings. The zero-order valence-electron chi connectivity index (χ0n) is 11.0. The molecule has 5 heteroatoms. The molecule has 2 N–H and O–H groups in total. The molecule has 0 saturated carbocycles. The third-order valence-electron chi connectivity index (χ3n) is 3.41. The summed E-state index contributed by atoms with van der Waals surface area (Å²) in [5.74, 6) is -0.246. The first-order valence-electron chi connectivity index (χ1n) is 6.37. The van der Waals surface area contributed by atoms with Crippen molar-refractivity contribution < 1.29 is 4.39 Å². The van der Waals surface area contributed by atoms with Crippen molar-refractivity contribution in [2.75, 3.05) is 0 Å². The Morgan fingerprint density at radius 1 is 1.19 bits per heavy atom. The van der Waals surface area contributed by atoms with Crippen LogP contribution < -0.4 is 5.73 Å². The summed E-state index contributed by atoms with van der Waals surface area (Å²) < 4.78 is 16.0. The van der Waals surface area contributed by atoms with Gasteiger partial charge >= 0.3 is 0 Å². The maximum absolute atomic E-state index is 13.1. The molecule has 0 spiro atoms. The Hall–Kier alpha value is -1.72. The fourth-order valence-electron chi connectivity index (χ4n) is 2.32. The first-order valence-corrected chi connectivity index (χ1v) is 7.57. The quantitative estimate of drug-likeness (QED) is 0.707. The van der Waals surface area contributed by atoms with E-state index in [4.69, 9.17) is 18.0 Å². The Bertz CT molecular complexity index is 841. The summed E-state index contributed by atoms with van der Waals surface area (Å²) in [5.41, 5.74) is 8.62. The van der Waals surface area contributed by atoms with Crippen LogP contribution in [0.1, 0.15) is 11.1 Å². The SMILES string of the molecule is NC(=S)c1ccc2c(ccn2Cc2ccc(F)cc2Br)c1. The molecule has 0 aliphatic heterocycles. The van der Waals surface area contributed by atoms with Crippen molar-refractivity contribution in [3.63, 3.8) is 0 Å². The first-order chi connectivity index (χ1) is 10.0. The normalized spacial score (nSPS) is 11.0. The molecule has 106 valence electrons. The summed E-state index contributed by atoms with van der Waals surface area (Å²) in [7, 11) is 0. The molecule has 1 aromatic heterocycles. The van der Waals surface area contributed by atoms with Crippen LogP contribution in [0.15, 0.2) is 53.1 Å². The van der Waals surface area contributed by atoms with Crippen LogP contribution in [0.25, 0.3) is 10.9 Å². The van der Waals surface area contributed by atoms with Crippen molar-refractivity contribution in [2.45, 2.75) is 6.54 Å². The standard InChI is InChI=1S/C16H12BrFN2S/c17-14-8-13(18)3-1-12(14)9-20-6-5-10-7-11(16(19)21)2-4-15(10)20/h1-8H,9H2,(H2,19,21). The maximum Gasteiger partial charge on any atom is 0.124 e. The van der Waals surface area contributed by atoms with Crippen LogP contribution in [0.4, 0.5) is 4.39 Å². The lowest BCUT2D eigenvalue weighted by molar-refractivity contribution is 0.625. The van der Waals surface area contributed by atoms with Crippen LogP contribution in [0.3, 0.4) is 0 Å². The summed E-state index contributed by atoms with van der Waals surface area (Å²) in [6.07, 6.45) is 2.00. The second-order valence-electron chi connectivity index (χ2n) is 4.82. The van der Waals surface area contributed by atoms with Crippen molar-refractivity contribution in [1.82, 2.24) is 4.57 Å². The average molecular weight is 363 g/mol. The molecular formula is C16H12BrFN2S. The number of halogens is 2. The third-order valence-corrected chi connectivity index (χ3v) is 4.39. The largest absolute Gasteiger partial charge is 0.389 e. The monoisotopic (exact) mass is 362 g/mol. The number of nitrogens with zero attached hydrogens (tertiary/aromatic N) is 1. The van der Waals surface area contributed by atoms with Crippen LogP contribution in [-0.4, -0.2) is 9.56 Å². The average Bonchev–Trinajstić information content (AvgIpc) is 2.84. The van der Waals surface area contributed by atoms with E-state index in [2.05, 4.69) is 20.5 Å². The molecule has 0 saturated heterocycles. The van der Waals surface area contributed by atoms with Gasteiger partial charge < -0.3 is 10.3 Å². The Balaban J connectivity index is 1.99. The van der Waals surface area contributed by atoms with Crippen LogP contribution in [-0.2, 0) is 6.54 Å². The van der Waals surface area contributed by atoms with Gasteiger partial charge in [-0.2, -0.15) is 0 Å². The molecule has 0 bridgehead atoms. The minimum absolute atomic E-state index is 0.246. The minimum atomic E-state index is -0.246. The number of thiocarbonyl (C=S) groups is 1. The number of fused-ring (bicyclic) bond motifs is 1. The lowest BCUT2D eigenvalue weighted by Gasteiger charge is -2.08. The van der Waals surface area contributed by atoms with Crippen LogP contribution in [0, 0.1) is 5.82 Å². The van der Waals surface area contributed by atoms with Gasteiger partial charge in [-0.1, -0.05) is 34.2 Å². The van der Waals surface area contributed by atoms with Gasteiger partial charge in [-0.3, -0.25) is 0 Å². The third kappa shape index (κ3) is 2.84. The highest BCUT2D eigenvalue weighted by molar-refractivity contribution is 9.10. The van der Waals surface area contributed by atoms with Crippen LogP contribution in [0.5, 0.6) is 0 Å². The smallest absolute Gasteiger partial charge is 0.124 e. The summed E-state index contributed by atoms with van der Waals surface area (Å²) in [4.78, 5) is 0.394. The van der Waals surface area contributed by atoms with Crippen molar-refractivity contribution in [2.24, 2.45) is 5.73 Å². The van der Waals surface area contributed by atoms with E-state index >= 15 is 0 Å². The number of hydrogen-bond acceptors (Lipinski definition) is 1. The van der Waals surface area contributed by atoms with Gasteiger partial charge in [0, 0.05) is 33.7 Å². The predicted molar refractivity (Wildman–Crippen MR) is 91.0 cm³/mol. The van der Waals surface area contributed by atoms with Crippen molar-refractivity contribution >= 4 is 44.0 Å². The van der Waals surface area contributed by atoms with Gasteiger partial charge in [0.2, 0.25) is 0 Å². The number of hydrogen-bond donors (Lipinski definition) is 1. The number of nitrogens with two attached hydrogens (primary N) is 1. The van der Waals surface area contributed by atoms with Gasteiger partial charge in [0.25, 0.3) is 0 Å². The van der Waals surface area contributed by atoms with E-state index in [1.54, 1.807) is 6.07 Å². The lowest BCUT2D eigenvalue weighted by atomic mass is 10.1. The van der Waals surface area contributed by atoms with E-state index < -0.39 is 0 Å². The van der Waals surface area contributed by atoms with E-state index in [0.29, 0.717) is 11.5 Å². The van der Waals surface area contributed by atoms with Gasteiger partial charge in [0.1, 0.15) is 10.8 Å². The van der Waals surface area contributed by atoms with Gasteiger partial charge in [0.05, 0.1) is 0 Å². The van der Waals surface area contributed by atoms with Crippen molar-refractivity contribution in [1.29, 1.82) is 0 Å². The summed E-state index contributed by atoms with van der Waals surface area (Å²) in [6, 6.07) is 12.7. The zero-order valence-corrected chi connectivity index (χ0v) is 13.4. The number of aromatic nitrogens is 1. The number of benzene rings is 2. The Kier molecular flexibility index (Phi) is 3.78. The summed E-state index contributed by atoms with van der Waals surface area (Å²) in [5, 5.41) is 1.08. The van der Waals surface area contributed by atoms with Gasteiger partial charge in [-0.05, 0) is 42.0 Å². The molecule has 0 unspecified atom stereocenters. The molecule has 0 aliphatic carbocycles. The topological polar surface area (TPSA) is 30.9 Å². The van der Waals surface area contributed by atoms with Gasteiger partial charge in [-0.15, -0.1) is 0 Å². The Morgan fingerprint density at radius 2 is 2.00 bits per heavy atom. The lowest BCUT2D eigenvalue weighted by Crippen LogP contribution is -2.08. The van der Waals surface area contributed by atoms with E-state index in [9.17, 15) is 4.39 Å².